The van der Waals surface area contributed by atoms with Crippen LogP contribution in [0.5, 0.6) is 0 Å². The van der Waals surface area contributed by atoms with Gasteiger partial charge in [0.15, 0.2) is 0 Å². The number of carbonyl (C=O) groups excluding carboxylic acids is 2. The Bertz CT molecular complexity index is 862. The van der Waals surface area contributed by atoms with Crippen molar-refractivity contribution < 1.29 is 9.59 Å². The molecular weight excluding hydrogens is 370 g/mol. The number of thiophene rings is 1. The van der Waals surface area contributed by atoms with Crippen LogP contribution in [0.3, 0.4) is 0 Å². The molecule has 5 nitrogen and oxygen atoms in total. The van der Waals surface area contributed by atoms with Gasteiger partial charge >= 0.3 is 0 Å². The topological polar surface area (TPSA) is 54.3 Å². The molecule has 4 rings (SSSR count). The summed E-state index contributed by atoms with van der Waals surface area (Å²) in [4.78, 5) is 27.7. The molecule has 0 unspecified atom stereocenters. The van der Waals surface area contributed by atoms with Gasteiger partial charge in [-0.25, -0.2) is 0 Å². The molecule has 28 heavy (non-hydrogen) atoms. The van der Waals surface area contributed by atoms with E-state index in [2.05, 4.69) is 30.6 Å². The first-order valence-corrected chi connectivity index (χ1v) is 11.5. The molecule has 2 fully saturated rings. The molecule has 2 aromatic rings. The minimum Gasteiger partial charge on any atom is -0.353 e. The highest BCUT2D eigenvalue weighted by molar-refractivity contribution is 7.17. The van der Waals surface area contributed by atoms with Crippen LogP contribution in [-0.4, -0.2) is 40.4 Å². The quantitative estimate of drug-likeness (QED) is 0.844. The van der Waals surface area contributed by atoms with Crippen molar-refractivity contribution in [2.75, 3.05) is 13.1 Å². The van der Waals surface area contributed by atoms with E-state index in [1.165, 1.54) is 12.8 Å². The number of piperidine rings is 1. The molecule has 2 amide bonds. The SMILES string of the molecule is C[C@@H]1[C@H](C)CCC[C@@H]1NC(=O)C1CCN(C(=O)c2cc3sccc3n2C)CC1. The smallest absolute Gasteiger partial charge is 0.270 e. The van der Waals surface area contributed by atoms with E-state index in [9.17, 15) is 9.59 Å². The molecule has 1 N–H and O–H groups in total. The van der Waals surface area contributed by atoms with E-state index in [4.69, 9.17) is 0 Å². The number of likely N-dealkylation sites (tertiary alicyclic amines) is 1. The van der Waals surface area contributed by atoms with Crippen molar-refractivity contribution in [2.24, 2.45) is 24.8 Å². The average Bonchev–Trinajstić information content (AvgIpc) is 3.28. The average molecular weight is 402 g/mol. The van der Waals surface area contributed by atoms with Gasteiger partial charge in [-0.15, -0.1) is 11.3 Å². The van der Waals surface area contributed by atoms with Crippen LogP contribution in [0.1, 0.15) is 56.4 Å². The fourth-order valence-corrected chi connectivity index (χ4v) is 5.70. The third-order valence-electron chi connectivity index (χ3n) is 7.07. The van der Waals surface area contributed by atoms with Crippen LogP contribution < -0.4 is 5.32 Å². The molecule has 2 aliphatic rings. The van der Waals surface area contributed by atoms with Gasteiger partial charge in [-0.05, 0) is 48.6 Å². The van der Waals surface area contributed by atoms with Gasteiger partial charge < -0.3 is 14.8 Å². The summed E-state index contributed by atoms with van der Waals surface area (Å²) in [5, 5.41) is 5.38. The van der Waals surface area contributed by atoms with Crippen LogP contribution >= 0.6 is 11.3 Å². The molecule has 1 aliphatic heterocycles. The zero-order chi connectivity index (χ0) is 19.8. The second kappa shape index (κ2) is 7.90. The second-order valence-corrected chi connectivity index (χ2v) is 9.66. The maximum absolute atomic E-state index is 13.0. The second-order valence-electron chi connectivity index (χ2n) is 8.71. The Kier molecular flexibility index (Phi) is 5.50. The Hall–Kier alpha value is -1.82. The summed E-state index contributed by atoms with van der Waals surface area (Å²) in [7, 11) is 1.95. The van der Waals surface area contributed by atoms with Gasteiger partial charge in [0.2, 0.25) is 5.91 Å². The monoisotopic (exact) mass is 401 g/mol. The predicted octanol–water partition coefficient (Wildman–Crippen LogP) is 4.03. The van der Waals surface area contributed by atoms with Crippen LogP contribution in [0.4, 0.5) is 0 Å². The number of hydrogen-bond acceptors (Lipinski definition) is 3. The zero-order valence-corrected chi connectivity index (χ0v) is 17.9. The van der Waals surface area contributed by atoms with Gasteiger partial charge in [0, 0.05) is 32.1 Å². The van der Waals surface area contributed by atoms with Crippen molar-refractivity contribution in [1.82, 2.24) is 14.8 Å². The highest BCUT2D eigenvalue weighted by Crippen LogP contribution is 2.30. The number of rotatable bonds is 3. The molecule has 0 aromatic carbocycles. The summed E-state index contributed by atoms with van der Waals surface area (Å²) >= 11 is 1.66. The number of nitrogens with zero attached hydrogens (tertiary/aromatic N) is 2. The van der Waals surface area contributed by atoms with Crippen LogP contribution in [0.15, 0.2) is 17.5 Å². The van der Waals surface area contributed by atoms with E-state index in [1.54, 1.807) is 11.3 Å². The summed E-state index contributed by atoms with van der Waals surface area (Å²) in [5.41, 5.74) is 1.85. The Morgan fingerprint density at radius 1 is 1.14 bits per heavy atom. The third-order valence-corrected chi connectivity index (χ3v) is 7.92. The molecule has 1 aliphatic carbocycles. The lowest BCUT2D eigenvalue weighted by Gasteiger charge is -2.37. The van der Waals surface area contributed by atoms with Crippen molar-refractivity contribution in [1.29, 1.82) is 0 Å². The minimum absolute atomic E-state index is 0.0328. The highest BCUT2D eigenvalue weighted by atomic mass is 32.1. The van der Waals surface area contributed by atoms with Crippen molar-refractivity contribution in [3.63, 3.8) is 0 Å². The number of carbonyl (C=O) groups is 2. The minimum atomic E-state index is 0.0328. The Balaban J connectivity index is 1.34. The molecule has 0 spiro atoms. The molecule has 2 aromatic heterocycles. The van der Waals surface area contributed by atoms with E-state index in [1.807, 2.05) is 22.6 Å². The van der Waals surface area contributed by atoms with E-state index in [0.717, 1.165) is 35.2 Å². The molecule has 152 valence electrons. The number of hydrogen-bond donors (Lipinski definition) is 1. The summed E-state index contributed by atoms with van der Waals surface area (Å²) in [6.07, 6.45) is 5.08. The van der Waals surface area contributed by atoms with Gasteiger partial charge in [-0.2, -0.15) is 0 Å². The number of nitrogens with one attached hydrogen (secondary N) is 1. The van der Waals surface area contributed by atoms with Crippen molar-refractivity contribution in [3.8, 4) is 0 Å². The third kappa shape index (κ3) is 3.59. The van der Waals surface area contributed by atoms with E-state index < -0.39 is 0 Å². The van der Waals surface area contributed by atoms with Crippen LogP contribution in [-0.2, 0) is 11.8 Å². The van der Waals surface area contributed by atoms with Crippen molar-refractivity contribution in [3.05, 3.63) is 23.2 Å². The predicted molar refractivity (Wildman–Crippen MR) is 114 cm³/mol. The maximum Gasteiger partial charge on any atom is 0.270 e. The lowest BCUT2D eigenvalue weighted by Crippen LogP contribution is -2.48. The zero-order valence-electron chi connectivity index (χ0n) is 17.1. The van der Waals surface area contributed by atoms with Crippen molar-refractivity contribution >= 4 is 33.4 Å². The molecule has 0 bridgehead atoms. The molecule has 1 saturated heterocycles. The van der Waals surface area contributed by atoms with Gasteiger partial charge in [-0.1, -0.05) is 26.7 Å². The summed E-state index contributed by atoms with van der Waals surface area (Å²) < 4.78 is 3.13. The van der Waals surface area contributed by atoms with E-state index in [-0.39, 0.29) is 17.7 Å². The van der Waals surface area contributed by atoms with Gasteiger partial charge in [0.05, 0.1) is 10.2 Å². The largest absolute Gasteiger partial charge is 0.353 e. The molecule has 6 heteroatoms. The van der Waals surface area contributed by atoms with Crippen LogP contribution in [0.25, 0.3) is 10.2 Å². The number of amides is 2. The first kappa shape index (κ1) is 19.5. The first-order chi connectivity index (χ1) is 13.5. The lowest BCUT2D eigenvalue weighted by molar-refractivity contribution is -0.127. The van der Waals surface area contributed by atoms with E-state index in [0.29, 0.717) is 31.0 Å². The number of fused-ring (bicyclic) bond motifs is 1. The molecule has 1 saturated carbocycles. The Morgan fingerprint density at radius 3 is 2.61 bits per heavy atom. The number of aromatic nitrogens is 1. The summed E-state index contributed by atoms with van der Waals surface area (Å²) in [6.45, 7) is 5.88. The highest BCUT2D eigenvalue weighted by Gasteiger charge is 2.33. The Labute approximate surface area is 171 Å². The molecule has 3 atom stereocenters. The normalized spacial score (nSPS) is 26.5. The van der Waals surface area contributed by atoms with Crippen molar-refractivity contribution in [2.45, 2.75) is 52.0 Å². The lowest BCUT2D eigenvalue weighted by atomic mass is 9.78. The molecule has 0 radical (unpaired) electrons. The van der Waals surface area contributed by atoms with Gasteiger partial charge in [0.1, 0.15) is 5.69 Å². The van der Waals surface area contributed by atoms with E-state index >= 15 is 0 Å². The fraction of sp³-hybridized carbons (Fsp3) is 0.636. The van der Waals surface area contributed by atoms with Gasteiger partial charge in [0.25, 0.3) is 5.91 Å². The van der Waals surface area contributed by atoms with Gasteiger partial charge in [-0.3, -0.25) is 9.59 Å². The molecule has 3 heterocycles. The summed E-state index contributed by atoms with van der Waals surface area (Å²) in [5.74, 6) is 1.53. The Morgan fingerprint density at radius 2 is 1.89 bits per heavy atom. The maximum atomic E-state index is 13.0. The van der Waals surface area contributed by atoms with Crippen LogP contribution in [0, 0.1) is 17.8 Å². The van der Waals surface area contributed by atoms with Crippen LogP contribution in [0.2, 0.25) is 0 Å². The first-order valence-electron chi connectivity index (χ1n) is 10.6. The number of aryl methyl sites for hydroxylation is 1. The summed E-state index contributed by atoms with van der Waals surface area (Å²) in [6, 6.07) is 4.36. The molecular formula is C22H31N3O2S. The standard InChI is InChI=1S/C22H31N3O2S/c1-14-5-4-6-17(15(14)2)23-21(26)16-7-10-25(11-8-16)22(27)19-13-20-18(24(19)3)9-12-28-20/h9,12-17H,4-8,10-11H2,1-3H3,(H,23,26)/t14-,15-,17+/m1/s1. The fourth-order valence-electron chi connectivity index (χ4n) is 4.85.